The predicted octanol–water partition coefficient (Wildman–Crippen LogP) is 5.03. The Morgan fingerprint density at radius 2 is 0.833 bits per heavy atom. The van der Waals surface area contributed by atoms with Crippen LogP contribution in [0.4, 0.5) is 0 Å². The summed E-state index contributed by atoms with van der Waals surface area (Å²) in [5.41, 5.74) is 0. The summed E-state index contributed by atoms with van der Waals surface area (Å²) in [5, 5.41) is 0.563. The van der Waals surface area contributed by atoms with Gasteiger partial charge >= 0.3 is 0 Å². The van der Waals surface area contributed by atoms with E-state index in [-0.39, 0.29) is 10.1 Å². The van der Waals surface area contributed by atoms with E-state index in [1.54, 1.807) is 0 Å². The van der Waals surface area contributed by atoms with Crippen molar-refractivity contribution in [2.75, 3.05) is 13.2 Å². The van der Waals surface area contributed by atoms with Crippen molar-refractivity contribution in [2.24, 2.45) is 0 Å². The fourth-order valence-electron chi connectivity index (χ4n) is 1.03. The van der Waals surface area contributed by atoms with Crippen LogP contribution in [-0.2, 0) is 8.85 Å². The molecule has 0 spiro atoms. The first-order valence-corrected chi connectivity index (χ1v) is 12.8. The largest absolute Gasteiger partial charge is 0.415 e. The molecule has 2 nitrogen and oxygen atoms in total. The Morgan fingerprint density at radius 1 is 0.611 bits per heavy atom. The second kappa shape index (κ2) is 5.77. The number of rotatable bonds is 5. The van der Waals surface area contributed by atoms with Crippen molar-refractivity contribution in [3.8, 4) is 0 Å². The zero-order valence-electron chi connectivity index (χ0n) is 14.2. The van der Waals surface area contributed by atoms with Gasteiger partial charge in [0.2, 0.25) is 0 Å². The smallest absolute Gasteiger partial charge is 0.192 e. The normalized spacial score (nSPS) is 15.0. The molecule has 0 rings (SSSR count). The number of hydrogen-bond acceptors (Lipinski definition) is 2. The van der Waals surface area contributed by atoms with Crippen molar-refractivity contribution >= 4 is 16.6 Å². The first-order valence-electron chi connectivity index (χ1n) is 6.99. The average molecular weight is 291 g/mol. The lowest BCUT2D eigenvalue weighted by atomic mass is 10.2. The first-order chi connectivity index (χ1) is 7.71. The Morgan fingerprint density at radius 3 is 1.00 bits per heavy atom. The van der Waals surface area contributed by atoms with Crippen molar-refractivity contribution in [1.82, 2.24) is 0 Å². The fraction of sp³-hybridized carbons (Fsp3) is 1.00. The van der Waals surface area contributed by atoms with Gasteiger partial charge < -0.3 is 8.85 Å². The van der Waals surface area contributed by atoms with Crippen molar-refractivity contribution in [1.29, 1.82) is 0 Å². The zero-order valence-corrected chi connectivity index (χ0v) is 16.2. The van der Waals surface area contributed by atoms with E-state index in [0.29, 0.717) is 0 Å². The molecule has 0 aromatic rings. The molecule has 4 heteroatoms. The zero-order chi connectivity index (χ0) is 14.8. The molecular formula is C14H34O2Si2. The summed E-state index contributed by atoms with van der Waals surface area (Å²) < 4.78 is 12.3. The van der Waals surface area contributed by atoms with Gasteiger partial charge in [-0.2, -0.15) is 0 Å². The topological polar surface area (TPSA) is 18.5 Å². The van der Waals surface area contributed by atoms with E-state index >= 15 is 0 Å². The Balaban J connectivity index is 4.17. The summed E-state index contributed by atoms with van der Waals surface area (Å²) >= 11 is 0. The highest BCUT2D eigenvalue weighted by atomic mass is 28.4. The first kappa shape index (κ1) is 18.4. The maximum absolute atomic E-state index is 6.14. The lowest BCUT2D eigenvalue weighted by molar-refractivity contribution is 0.191. The van der Waals surface area contributed by atoms with E-state index < -0.39 is 16.6 Å². The van der Waals surface area contributed by atoms with Crippen molar-refractivity contribution < 1.29 is 8.85 Å². The molecule has 0 radical (unpaired) electrons. The van der Waals surface area contributed by atoms with Gasteiger partial charge in [-0.15, -0.1) is 0 Å². The van der Waals surface area contributed by atoms with Gasteiger partial charge in [-0.3, -0.25) is 0 Å². The summed E-state index contributed by atoms with van der Waals surface area (Å²) in [5.74, 6) is 0. The van der Waals surface area contributed by atoms with Gasteiger partial charge in [0.05, 0.1) is 13.2 Å². The summed E-state index contributed by atoms with van der Waals surface area (Å²) in [6.07, 6.45) is 0. The van der Waals surface area contributed by atoms with Gasteiger partial charge in [-0.05, 0) is 36.3 Å². The Hall–Kier alpha value is 0.354. The molecule has 0 fully saturated rings. The minimum absolute atomic E-state index is 0.282. The van der Waals surface area contributed by atoms with Crippen molar-refractivity contribution in [3.05, 3.63) is 0 Å². The molecule has 0 aliphatic carbocycles. The van der Waals surface area contributed by atoms with Gasteiger partial charge in [0.15, 0.2) is 16.6 Å². The highest BCUT2D eigenvalue weighted by Crippen LogP contribution is 2.38. The maximum atomic E-state index is 6.14. The van der Waals surface area contributed by atoms with Crippen LogP contribution < -0.4 is 0 Å². The van der Waals surface area contributed by atoms with Crippen LogP contribution in [-0.4, -0.2) is 29.8 Å². The molecule has 0 aromatic carbocycles. The molecule has 0 saturated heterocycles. The Kier molecular flexibility index (Phi) is 5.89. The van der Waals surface area contributed by atoms with Crippen LogP contribution in [0.25, 0.3) is 0 Å². The van der Waals surface area contributed by atoms with Crippen molar-refractivity contribution in [2.45, 2.75) is 77.8 Å². The van der Waals surface area contributed by atoms with E-state index in [1.165, 1.54) is 0 Å². The standard InChI is InChI=1S/C14H34O2Si2/c1-13(2,3)17(7,8)15-11-12-16-18(9,10)14(4,5)6/h11-12H2,1-10H3. The van der Waals surface area contributed by atoms with Crippen LogP contribution in [0.5, 0.6) is 0 Å². The molecule has 110 valence electrons. The molecule has 0 amide bonds. The third-order valence-electron chi connectivity index (χ3n) is 4.62. The molecular weight excluding hydrogens is 256 g/mol. The summed E-state index contributed by atoms with van der Waals surface area (Å²) in [7, 11) is -3.22. The van der Waals surface area contributed by atoms with Crippen LogP contribution in [0.2, 0.25) is 36.3 Å². The minimum atomic E-state index is -1.61. The second-order valence-corrected chi connectivity index (χ2v) is 17.8. The van der Waals surface area contributed by atoms with E-state index in [4.69, 9.17) is 8.85 Å². The maximum Gasteiger partial charge on any atom is 0.192 e. The highest BCUT2D eigenvalue weighted by Gasteiger charge is 2.39. The molecule has 0 bridgehead atoms. The van der Waals surface area contributed by atoms with Crippen molar-refractivity contribution in [3.63, 3.8) is 0 Å². The molecule has 0 unspecified atom stereocenters. The van der Waals surface area contributed by atoms with E-state index in [9.17, 15) is 0 Å². The monoisotopic (exact) mass is 290 g/mol. The van der Waals surface area contributed by atoms with E-state index in [1.807, 2.05) is 0 Å². The van der Waals surface area contributed by atoms with Gasteiger partial charge in [-0.1, -0.05) is 41.5 Å². The van der Waals surface area contributed by atoms with Crippen LogP contribution in [0.1, 0.15) is 41.5 Å². The molecule has 0 aromatic heterocycles. The molecule has 0 aliphatic heterocycles. The van der Waals surface area contributed by atoms with Crippen LogP contribution in [0, 0.1) is 0 Å². The van der Waals surface area contributed by atoms with Crippen LogP contribution in [0.3, 0.4) is 0 Å². The second-order valence-electron chi connectivity index (χ2n) is 8.22. The lowest BCUT2D eigenvalue weighted by Gasteiger charge is -2.38. The molecule has 0 atom stereocenters. The highest BCUT2D eigenvalue weighted by molar-refractivity contribution is 6.74. The van der Waals surface area contributed by atoms with Gasteiger partial charge in [0.25, 0.3) is 0 Å². The molecule has 0 aliphatic rings. The van der Waals surface area contributed by atoms with Crippen LogP contribution >= 0.6 is 0 Å². The average Bonchev–Trinajstić information content (AvgIpc) is 2.08. The third kappa shape index (κ3) is 5.15. The summed E-state index contributed by atoms with van der Waals surface area (Å²) in [6, 6.07) is 0. The predicted molar refractivity (Wildman–Crippen MR) is 86.3 cm³/mol. The Bertz CT molecular complexity index is 232. The Labute approximate surface area is 117 Å². The lowest BCUT2D eigenvalue weighted by Crippen LogP contribution is -2.44. The minimum Gasteiger partial charge on any atom is -0.415 e. The van der Waals surface area contributed by atoms with E-state index in [2.05, 4.69) is 67.7 Å². The van der Waals surface area contributed by atoms with Gasteiger partial charge in [0.1, 0.15) is 0 Å². The molecule has 0 N–H and O–H groups in total. The fourth-order valence-corrected chi connectivity index (χ4v) is 3.08. The third-order valence-corrected chi connectivity index (χ3v) is 13.7. The van der Waals surface area contributed by atoms with Gasteiger partial charge in [0, 0.05) is 0 Å². The quantitative estimate of drug-likeness (QED) is 0.522. The molecule has 0 saturated carbocycles. The van der Waals surface area contributed by atoms with Crippen LogP contribution in [0.15, 0.2) is 0 Å². The SMILES string of the molecule is CC(C)(C)[Si](C)(C)OCCO[Si](C)(C)C(C)(C)C. The molecule has 0 heterocycles. The summed E-state index contributed by atoms with van der Waals surface area (Å²) in [6.45, 7) is 24.3. The number of hydrogen-bond donors (Lipinski definition) is 0. The van der Waals surface area contributed by atoms with E-state index in [0.717, 1.165) is 13.2 Å². The van der Waals surface area contributed by atoms with Gasteiger partial charge in [-0.25, -0.2) is 0 Å². The molecule has 18 heavy (non-hydrogen) atoms. The summed E-state index contributed by atoms with van der Waals surface area (Å²) in [4.78, 5) is 0.